The molecule has 22 heavy (non-hydrogen) atoms. The van der Waals surface area contributed by atoms with Gasteiger partial charge in [-0.3, -0.25) is 0 Å². The van der Waals surface area contributed by atoms with E-state index in [9.17, 15) is 30.0 Å². The molecule has 0 unspecified atom stereocenters. The van der Waals surface area contributed by atoms with Gasteiger partial charge >= 0.3 is 11.9 Å². The predicted octanol–water partition coefficient (Wildman–Crippen LogP) is 2.18. The molecule has 0 aliphatic carbocycles. The van der Waals surface area contributed by atoms with E-state index >= 15 is 0 Å². The Morgan fingerprint density at radius 2 is 1.05 bits per heavy atom. The fourth-order valence-electron chi connectivity index (χ4n) is 2.07. The van der Waals surface area contributed by atoms with Crippen LogP contribution >= 0.6 is 0 Å². The lowest BCUT2D eigenvalue weighted by Crippen LogP contribution is -2.10. The molecule has 0 heterocycles. The van der Waals surface area contributed by atoms with Crippen molar-refractivity contribution in [2.45, 2.75) is 0 Å². The molecule has 0 saturated carbocycles. The number of phenolic OH excluding ortho intramolecular Hbond substituents is 2. The van der Waals surface area contributed by atoms with Crippen molar-refractivity contribution in [1.29, 1.82) is 0 Å². The summed E-state index contributed by atoms with van der Waals surface area (Å²) in [6, 6.07) is 10.6. The highest BCUT2D eigenvalue weighted by Crippen LogP contribution is 2.30. The van der Waals surface area contributed by atoms with Gasteiger partial charge in [-0.05, 0) is 35.4 Å². The number of carboxylic acid groups (broad SMARTS) is 2. The molecule has 4 N–H and O–H groups in total. The first-order valence-corrected chi connectivity index (χ1v) is 6.20. The van der Waals surface area contributed by atoms with Crippen molar-refractivity contribution in [2.24, 2.45) is 0 Å². The maximum Gasteiger partial charge on any atom is 0.337 e. The summed E-state index contributed by atoms with van der Waals surface area (Å²) in [5, 5.41) is 37.8. The second-order valence-corrected chi connectivity index (χ2v) is 4.46. The van der Waals surface area contributed by atoms with Crippen molar-refractivity contribution in [3.8, 4) is 11.5 Å². The Kier molecular flexibility index (Phi) is 4.13. The van der Waals surface area contributed by atoms with Gasteiger partial charge in [-0.1, -0.05) is 24.3 Å². The highest BCUT2D eigenvalue weighted by atomic mass is 16.4. The van der Waals surface area contributed by atoms with E-state index in [0.717, 1.165) is 12.1 Å². The molecule has 6 nitrogen and oxygen atoms in total. The number of rotatable bonds is 4. The summed E-state index contributed by atoms with van der Waals surface area (Å²) in [7, 11) is 0. The fraction of sp³-hybridized carbons (Fsp3) is 0. The van der Waals surface area contributed by atoms with Gasteiger partial charge in [0.05, 0.1) is 11.1 Å². The first-order valence-electron chi connectivity index (χ1n) is 6.20. The Morgan fingerprint density at radius 3 is 1.32 bits per heavy atom. The number of hydrogen-bond acceptors (Lipinski definition) is 4. The molecule has 0 aliphatic heterocycles. The molecule has 0 fully saturated rings. The Bertz CT molecular complexity index is 710. The lowest BCUT2D eigenvalue weighted by atomic mass is 9.94. The maximum absolute atomic E-state index is 11.6. The summed E-state index contributed by atoms with van der Waals surface area (Å²) >= 11 is 0. The van der Waals surface area contributed by atoms with Gasteiger partial charge in [0.25, 0.3) is 0 Å². The number of benzene rings is 2. The molecule has 112 valence electrons. The third-order valence-electron chi connectivity index (χ3n) is 2.95. The normalized spacial score (nSPS) is 11.6. The molecule has 0 atom stereocenters. The SMILES string of the molecule is O=C(O)C(=C(C(=O)O)c1cccc(O)c1)c1cccc(O)c1. The summed E-state index contributed by atoms with van der Waals surface area (Å²) in [4.78, 5) is 23.1. The van der Waals surface area contributed by atoms with E-state index in [1.54, 1.807) is 0 Å². The van der Waals surface area contributed by atoms with E-state index in [0.29, 0.717) is 0 Å². The Labute approximate surface area is 125 Å². The van der Waals surface area contributed by atoms with E-state index in [1.807, 2.05) is 0 Å². The monoisotopic (exact) mass is 300 g/mol. The van der Waals surface area contributed by atoms with Crippen LogP contribution in [0.15, 0.2) is 48.5 Å². The van der Waals surface area contributed by atoms with Gasteiger partial charge < -0.3 is 20.4 Å². The zero-order valence-corrected chi connectivity index (χ0v) is 11.2. The van der Waals surface area contributed by atoms with Crippen molar-refractivity contribution in [3.63, 3.8) is 0 Å². The molecule has 0 aromatic heterocycles. The number of phenols is 2. The molecule has 0 spiro atoms. The third-order valence-corrected chi connectivity index (χ3v) is 2.95. The summed E-state index contributed by atoms with van der Waals surface area (Å²) in [5.74, 6) is -3.27. The van der Waals surface area contributed by atoms with Gasteiger partial charge in [-0.15, -0.1) is 0 Å². The molecule has 0 aliphatic rings. The van der Waals surface area contributed by atoms with Crippen molar-refractivity contribution in [3.05, 3.63) is 59.7 Å². The van der Waals surface area contributed by atoms with Crippen LogP contribution in [0.3, 0.4) is 0 Å². The van der Waals surface area contributed by atoms with Crippen molar-refractivity contribution >= 4 is 23.1 Å². The quantitative estimate of drug-likeness (QED) is 0.508. The predicted molar refractivity (Wildman–Crippen MR) is 78.3 cm³/mol. The molecule has 0 bridgehead atoms. The standard InChI is InChI=1S/C16H12O6/c17-11-5-1-3-9(7-11)13(15(19)20)14(16(21)22)10-4-2-6-12(18)8-10/h1-8,17-18H,(H,19,20)(H,21,22). The largest absolute Gasteiger partial charge is 0.508 e. The molecule has 6 heteroatoms. The Hall–Kier alpha value is -3.28. The minimum Gasteiger partial charge on any atom is -0.508 e. The van der Waals surface area contributed by atoms with Crippen LogP contribution in [0.5, 0.6) is 11.5 Å². The highest BCUT2D eigenvalue weighted by molar-refractivity contribution is 6.36. The van der Waals surface area contributed by atoms with E-state index < -0.39 is 23.1 Å². The van der Waals surface area contributed by atoms with Crippen LogP contribution in [-0.4, -0.2) is 32.4 Å². The van der Waals surface area contributed by atoms with Crippen LogP contribution in [0.4, 0.5) is 0 Å². The average molecular weight is 300 g/mol. The Morgan fingerprint density at radius 1 is 0.682 bits per heavy atom. The van der Waals surface area contributed by atoms with Crippen LogP contribution < -0.4 is 0 Å². The zero-order chi connectivity index (χ0) is 16.3. The van der Waals surface area contributed by atoms with Crippen molar-refractivity contribution in [1.82, 2.24) is 0 Å². The highest BCUT2D eigenvalue weighted by Gasteiger charge is 2.24. The number of carboxylic acids is 2. The summed E-state index contributed by atoms with van der Waals surface area (Å²) < 4.78 is 0. The molecule has 0 radical (unpaired) electrons. The lowest BCUT2D eigenvalue weighted by Gasteiger charge is -2.10. The summed E-state index contributed by atoms with van der Waals surface area (Å²) in [5.41, 5.74) is -0.857. The maximum atomic E-state index is 11.6. The van der Waals surface area contributed by atoms with E-state index in [4.69, 9.17) is 0 Å². The number of hydrogen-bond donors (Lipinski definition) is 4. The lowest BCUT2D eigenvalue weighted by molar-refractivity contribution is -0.132. The molecule has 2 aromatic rings. The average Bonchev–Trinajstić information content (AvgIpc) is 2.43. The van der Waals surface area contributed by atoms with E-state index in [1.165, 1.54) is 36.4 Å². The van der Waals surface area contributed by atoms with Crippen LogP contribution in [0.2, 0.25) is 0 Å². The molecule has 2 rings (SSSR count). The molecular formula is C16H12O6. The third kappa shape index (κ3) is 3.06. The summed E-state index contributed by atoms with van der Waals surface area (Å²) in [6.45, 7) is 0. The number of aliphatic carboxylic acids is 2. The molecular weight excluding hydrogens is 288 g/mol. The van der Waals surface area contributed by atoms with Crippen molar-refractivity contribution < 1.29 is 30.0 Å². The second kappa shape index (κ2) is 6.01. The van der Waals surface area contributed by atoms with E-state index in [2.05, 4.69) is 0 Å². The smallest absolute Gasteiger partial charge is 0.337 e. The number of carbonyl (C=O) groups is 2. The minimum absolute atomic E-state index is 0.0493. The van der Waals surface area contributed by atoms with Gasteiger partial charge in [0.15, 0.2) is 0 Å². The van der Waals surface area contributed by atoms with Gasteiger partial charge in [-0.2, -0.15) is 0 Å². The van der Waals surface area contributed by atoms with Crippen LogP contribution in [0.25, 0.3) is 11.1 Å². The number of aromatic hydroxyl groups is 2. The topological polar surface area (TPSA) is 115 Å². The second-order valence-electron chi connectivity index (χ2n) is 4.46. The van der Waals surface area contributed by atoms with Gasteiger partial charge in [0.2, 0.25) is 0 Å². The molecule has 0 amide bonds. The zero-order valence-electron chi connectivity index (χ0n) is 11.2. The first kappa shape index (κ1) is 15.1. The van der Waals surface area contributed by atoms with E-state index in [-0.39, 0.29) is 22.6 Å². The molecule has 0 saturated heterocycles. The fourth-order valence-corrected chi connectivity index (χ4v) is 2.07. The van der Waals surface area contributed by atoms with Gasteiger partial charge in [0.1, 0.15) is 11.5 Å². The van der Waals surface area contributed by atoms with Crippen LogP contribution in [0, 0.1) is 0 Å². The summed E-state index contributed by atoms with van der Waals surface area (Å²) in [6.07, 6.45) is 0. The van der Waals surface area contributed by atoms with Crippen molar-refractivity contribution in [2.75, 3.05) is 0 Å². The molecule has 2 aromatic carbocycles. The van der Waals surface area contributed by atoms with Crippen LogP contribution in [0.1, 0.15) is 11.1 Å². The minimum atomic E-state index is -1.45. The van der Waals surface area contributed by atoms with Gasteiger partial charge in [-0.25, -0.2) is 9.59 Å². The first-order chi connectivity index (χ1) is 10.4. The van der Waals surface area contributed by atoms with Gasteiger partial charge in [0, 0.05) is 0 Å². The van der Waals surface area contributed by atoms with Crippen LogP contribution in [-0.2, 0) is 9.59 Å². The Balaban J connectivity index is 2.79.